The van der Waals surface area contributed by atoms with Gasteiger partial charge in [0.2, 0.25) is 0 Å². The standard InChI is InChI=1S/C21H23N/c1-17-13-14-18(2)21(17)22(15-19-9-5-3-6-10-19)16-20-11-7-4-8-12-20/h3-12H,1,13-16H2,2H3. The van der Waals surface area contributed by atoms with E-state index in [9.17, 15) is 0 Å². The maximum Gasteiger partial charge on any atom is 0.0433 e. The van der Waals surface area contributed by atoms with Gasteiger partial charge in [-0.3, -0.25) is 0 Å². The van der Waals surface area contributed by atoms with E-state index >= 15 is 0 Å². The van der Waals surface area contributed by atoms with Gasteiger partial charge in [-0.25, -0.2) is 0 Å². The lowest BCUT2D eigenvalue weighted by molar-refractivity contribution is 0.334. The van der Waals surface area contributed by atoms with Crippen LogP contribution in [0.3, 0.4) is 0 Å². The summed E-state index contributed by atoms with van der Waals surface area (Å²) in [5.41, 5.74) is 6.81. The first kappa shape index (κ1) is 14.6. The second kappa shape index (κ2) is 6.65. The summed E-state index contributed by atoms with van der Waals surface area (Å²) in [6.07, 6.45) is 2.25. The molecule has 0 aromatic heterocycles. The lowest BCUT2D eigenvalue weighted by Crippen LogP contribution is -2.23. The smallest absolute Gasteiger partial charge is 0.0433 e. The van der Waals surface area contributed by atoms with Gasteiger partial charge in [-0.2, -0.15) is 0 Å². The van der Waals surface area contributed by atoms with Crippen LogP contribution in [0.5, 0.6) is 0 Å². The summed E-state index contributed by atoms with van der Waals surface area (Å²) in [5.74, 6) is 0. The van der Waals surface area contributed by atoms with Crippen molar-refractivity contribution in [3.05, 3.63) is 95.2 Å². The van der Waals surface area contributed by atoms with Crippen molar-refractivity contribution < 1.29 is 0 Å². The Morgan fingerprint density at radius 2 is 1.32 bits per heavy atom. The van der Waals surface area contributed by atoms with Crippen molar-refractivity contribution in [3.63, 3.8) is 0 Å². The summed E-state index contributed by atoms with van der Waals surface area (Å²) in [5, 5.41) is 0. The predicted octanol–water partition coefficient (Wildman–Crippen LogP) is 5.31. The molecule has 0 radical (unpaired) electrons. The lowest BCUT2D eigenvalue weighted by atomic mass is 10.1. The molecule has 1 heteroatoms. The Morgan fingerprint density at radius 3 is 1.73 bits per heavy atom. The third-order valence-electron chi connectivity index (χ3n) is 4.29. The molecule has 1 nitrogen and oxygen atoms in total. The molecular weight excluding hydrogens is 266 g/mol. The van der Waals surface area contributed by atoms with Crippen LogP contribution >= 0.6 is 0 Å². The van der Waals surface area contributed by atoms with E-state index < -0.39 is 0 Å². The molecule has 0 amide bonds. The minimum Gasteiger partial charge on any atom is -0.363 e. The summed E-state index contributed by atoms with van der Waals surface area (Å²) in [4.78, 5) is 2.48. The molecule has 0 unspecified atom stereocenters. The Hall–Kier alpha value is -2.28. The summed E-state index contributed by atoms with van der Waals surface area (Å²) in [7, 11) is 0. The molecule has 2 aromatic rings. The van der Waals surface area contributed by atoms with Crippen molar-refractivity contribution in [3.8, 4) is 0 Å². The van der Waals surface area contributed by atoms with Gasteiger partial charge in [0, 0.05) is 18.8 Å². The van der Waals surface area contributed by atoms with Gasteiger partial charge in [-0.1, -0.05) is 67.2 Å². The van der Waals surface area contributed by atoms with Crippen molar-refractivity contribution >= 4 is 0 Å². The molecule has 0 spiro atoms. The van der Waals surface area contributed by atoms with Gasteiger partial charge in [0.1, 0.15) is 0 Å². The van der Waals surface area contributed by atoms with Crippen LogP contribution in [-0.4, -0.2) is 4.90 Å². The van der Waals surface area contributed by atoms with Gasteiger partial charge in [-0.05, 0) is 42.0 Å². The molecule has 112 valence electrons. The largest absolute Gasteiger partial charge is 0.363 e. The number of hydrogen-bond acceptors (Lipinski definition) is 1. The highest BCUT2D eigenvalue weighted by Gasteiger charge is 2.21. The van der Waals surface area contributed by atoms with Crippen LogP contribution in [0.2, 0.25) is 0 Å². The van der Waals surface area contributed by atoms with Crippen LogP contribution in [0, 0.1) is 0 Å². The van der Waals surface area contributed by atoms with Crippen molar-refractivity contribution in [2.45, 2.75) is 32.9 Å². The van der Waals surface area contributed by atoms with E-state index in [1.165, 1.54) is 28.0 Å². The fraction of sp³-hybridized carbons (Fsp3) is 0.238. The average molecular weight is 289 g/mol. The Kier molecular flexibility index (Phi) is 4.43. The van der Waals surface area contributed by atoms with Crippen LogP contribution in [0.4, 0.5) is 0 Å². The van der Waals surface area contributed by atoms with Crippen LogP contribution < -0.4 is 0 Å². The lowest BCUT2D eigenvalue weighted by Gasteiger charge is -2.28. The molecule has 0 saturated carbocycles. The molecule has 1 aliphatic rings. The van der Waals surface area contributed by atoms with E-state index in [2.05, 4.69) is 79.1 Å². The number of benzene rings is 2. The minimum absolute atomic E-state index is 0.932. The van der Waals surface area contributed by atoms with Crippen molar-refractivity contribution in [2.24, 2.45) is 0 Å². The summed E-state index contributed by atoms with van der Waals surface area (Å²) in [6, 6.07) is 21.4. The molecule has 0 saturated heterocycles. The third-order valence-corrected chi connectivity index (χ3v) is 4.29. The van der Waals surface area contributed by atoms with Gasteiger partial charge < -0.3 is 4.90 Å². The fourth-order valence-corrected chi connectivity index (χ4v) is 3.19. The van der Waals surface area contributed by atoms with Gasteiger partial charge in [-0.15, -0.1) is 0 Å². The van der Waals surface area contributed by atoms with E-state index in [4.69, 9.17) is 0 Å². The first-order valence-corrected chi connectivity index (χ1v) is 7.95. The fourth-order valence-electron chi connectivity index (χ4n) is 3.19. The molecule has 22 heavy (non-hydrogen) atoms. The van der Waals surface area contributed by atoms with E-state index in [0.717, 1.165) is 25.9 Å². The highest BCUT2D eigenvalue weighted by atomic mass is 15.1. The monoisotopic (exact) mass is 289 g/mol. The molecule has 3 rings (SSSR count). The molecule has 0 atom stereocenters. The quantitative estimate of drug-likeness (QED) is 0.720. The Bertz CT molecular complexity index is 626. The topological polar surface area (TPSA) is 3.24 Å². The number of rotatable bonds is 5. The Labute approximate surface area is 133 Å². The van der Waals surface area contributed by atoms with E-state index in [1.54, 1.807) is 0 Å². The maximum atomic E-state index is 4.29. The first-order chi connectivity index (χ1) is 10.7. The minimum atomic E-state index is 0.932. The van der Waals surface area contributed by atoms with Gasteiger partial charge in [0.05, 0.1) is 0 Å². The van der Waals surface area contributed by atoms with Crippen molar-refractivity contribution in [1.29, 1.82) is 0 Å². The molecule has 0 heterocycles. The predicted molar refractivity (Wildman–Crippen MR) is 93.2 cm³/mol. The van der Waals surface area contributed by atoms with Gasteiger partial charge >= 0.3 is 0 Å². The summed E-state index contributed by atoms with van der Waals surface area (Å²) < 4.78 is 0. The Balaban J connectivity index is 1.88. The zero-order valence-corrected chi connectivity index (χ0v) is 13.3. The molecular formula is C21H23N. The molecule has 0 N–H and O–H groups in total. The van der Waals surface area contributed by atoms with Crippen LogP contribution in [-0.2, 0) is 13.1 Å². The zero-order valence-electron chi connectivity index (χ0n) is 13.3. The van der Waals surface area contributed by atoms with E-state index in [0.29, 0.717) is 0 Å². The number of allylic oxidation sites excluding steroid dienone is 2. The SMILES string of the molecule is C=C1CCC(C)=C1N(Cc1ccccc1)Cc1ccccc1. The molecule has 0 aliphatic heterocycles. The average Bonchev–Trinajstić information content (AvgIpc) is 2.88. The highest BCUT2D eigenvalue weighted by Crippen LogP contribution is 2.34. The Morgan fingerprint density at radius 1 is 0.818 bits per heavy atom. The molecule has 0 fully saturated rings. The zero-order chi connectivity index (χ0) is 15.4. The number of nitrogens with zero attached hydrogens (tertiary/aromatic N) is 1. The van der Waals surface area contributed by atoms with Gasteiger partial charge in [0.25, 0.3) is 0 Å². The highest BCUT2D eigenvalue weighted by molar-refractivity contribution is 5.38. The van der Waals surface area contributed by atoms with Crippen LogP contribution in [0.25, 0.3) is 0 Å². The summed E-state index contributed by atoms with van der Waals surface area (Å²) >= 11 is 0. The second-order valence-corrected chi connectivity index (χ2v) is 6.06. The first-order valence-electron chi connectivity index (χ1n) is 7.95. The molecule has 1 aliphatic carbocycles. The van der Waals surface area contributed by atoms with E-state index in [-0.39, 0.29) is 0 Å². The molecule has 0 bridgehead atoms. The van der Waals surface area contributed by atoms with Crippen LogP contribution in [0.1, 0.15) is 30.9 Å². The second-order valence-electron chi connectivity index (χ2n) is 6.06. The van der Waals surface area contributed by atoms with Crippen molar-refractivity contribution in [1.82, 2.24) is 4.90 Å². The maximum absolute atomic E-state index is 4.29. The molecule has 2 aromatic carbocycles. The van der Waals surface area contributed by atoms with E-state index in [1.807, 2.05) is 0 Å². The summed E-state index contributed by atoms with van der Waals surface area (Å²) in [6.45, 7) is 8.40. The van der Waals surface area contributed by atoms with Crippen molar-refractivity contribution in [2.75, 3.05) is 0 Å². The van der Waals surface area contributed by atoms with Crippen LogP contribution in [0.15, 0.2) is 84.1 Å². The number of hydrogen-bond donors (Lipinski definition) is 0. The van der Waals surface area contributed by atoms with Gasteiger partial charge in [0.15, 0.2) is 0 Å². The normalized spacial score (nSPS) is 14.5. The third kappa shape index (κ3) is 3.30.